The Balaban J connectivity index is 1.53. The summed E-state index contributed by atoms with van der Waals surface area (Å²) in [6.07, 6.45) is 1.07. The van der Waals surface area contributed by atoms with Crippen LogP contribution in [0.4, 0.5) is 10.1 Å². The van der Waals surface area contributed by atoms with E-state index < -0.39 is 16.6 Å². The van der Waals surface area contributed by atoms with Crippen LogP contribution < -0.4 is 4.90 Å². The molecule has 1 aliphatic heterocycles. The number of para-hydroxylation sites is 1. The van der Waals surface area contributed by atoms with Crippen LogP contribution in [-0.2, 0) is 14.4 Å². The Morgan fingerprint density at radius 3 is 2.35 bits per heavy atom. The van der Waals surface area contributed by atoms with E-state index in [1.54, 1.807) is 23.1 Å². The van der Waals surface area contributed by atoms with Gasteiger partial charge in [0.1, 0.15) is 11.2 Å². The maximum atomic E-state index is 14.0. The molecule has 2 saturated carbocycles. The summed E-state index contributed by atoms with van der Waals surface area (Å²) in [7, 11) is 0. The second-order valence-electron chi connectivity index (χ2n) is 8.14. The first-order valence-electron chi connectivity index (χ1n) is 9.18. The quantitative estimate of drug-likeness (QED) is 0.600. The first-order valence-corrected chi connectivity index (χ1v) is 9.18. The molecule has 3 fully saturated rings. The highest BCUT2D eigenvalue weighted by atomic mass is 19.1. The van der Waals surface area contributed by atoms with Crippen molar-refractivity contribution in [1.29, 1.82) is 0 Å². The summed E-state index contributed by atoms with van der Waals surface area (Å²) in [5, 5.41) is 0. The van der Waals surface area contributed by atoms with Gasteiger partial charge in [-0.3, -0.25) is 14.4 Å². The molecule has 3 aliphatic rings. The maximum Gasteiger partial charge on any atom is 0.237 e. The summed E-state index contributed by atoms with van der Waals surface area (Å²) in [6, 6.07) is 6.60. The first-order chi connectivity index (χ1) is 12.3. The Labute approximate surface area is 152 Å². The molecular formula is C20H23FN2O3. The molecule has 2 aliphatic carbocycles. The standard InChI is InChI=1S/C20H23FN2O3/c1-19(2)13-7-8-20(19,17(25)16(13)24)18(26)23-11-9-22(10-12-23)15-6-4-3-5-14(15)21/h3-6,13H,7-12H2,1-2H3. The molecule has 26 heavy (non-hydrogen) atoms. The lowest BCUT2D eigenvalue weighted by Gasteiger charge is -2.42. The number of Topliss-reactive ketones (excluding diaryl/α,β-unsaturated/α-hetero) is 2. The van der Waals surface area contributed by atoms with Gasteiger partial charge in [0.05, 0.1) is 5.69 Å². The SMILES string of the molecule is CC1(C)C2CCC1(C(=O)N1CCN(c3ccccc3F)CC1)C(=O)C2=O. The fourth-order valence-corrected chi connectivity index (χ4v) is 5.18. The van der Waals surface area contributed by atoms with Crippen LogP contribution in [0, 0.1) is 22.6 Å². The third-order valence-corrected chi connectivity index (χ3v) is 6.83. The van der Waals surface area contributed by atoms with Gasteiger partial charge in [-0.15, -0.1) is 0 Å². The number of rotatable bonds is 2. The Morgan fingerprint density at radius 1 is 1.12 bits per heavy atom. The summed E-state index contributed by atoms with van der Waals surface area (Å²) >= 11 is 0. The number of carbonyl (C=O) groups excluding carboxylic acids is 3. The van der Waals surface area contributed by atoms with Crippen LogP contribution in [0.3, 0.4) is 0 Å². The van der Waals surface area contributed by atoms with Gasteiger partial charge in [0.15, 0.2) is 0 Å². The van der Waals surface area contributed by atoms with E-state index in [-0.39, 0.29) is 23.4 Å². The van der Waals surface area contributed by atoms with E-state index in [2.05, 4.69) is 0 Å². The van der Waals surface area contributed by atoms with E-state index in [1.807, 2.05) is 18.7 Å². The monoisotopic (exact) mass is 358 g/mol. The van der Waals surface area contributed by atoms with Crippen molar-refractivity contribution >= 4 is 23.2 Å². The highest BCUT2D eigenvalue weighted by molar-refractivity contribution is 6.47. The van der Waals surface area contributed by atoms with E-state index in [9.17, 15) is 18.8 Å². The minimum atomic E-state index is -1.20. The summed E-state index contributed by atoms with van der Waals surface area (Å²) in [5.41, 5.74) is -1.29. The predicted octanol–water partition coefficient (Wildman–Crippen LogP) is 2.05. The molecule has 1 amide bonds. The lowest BCUT2D eigenvalue weighted by atomic mass is 9.68. The summed E-state index contributed by atoms with van der Waals surface area (Å²) in [4.78, 5) is 41.9. The molecule has 4 rings (SSSR count). The topological polar surface area (TPSA) is 57.7 Å². The van der Waals surface area contributed by atoms with Crippen molar-refractivity contribution in [3.63, 3.8) is 0 Å². The molecule has 2 unspecified atom stereocenters. The van der Waals surface area contributed by atoms with Crippen molar-refractivity contribution in [3.05, 3.63) is 30.1 Å². The van der Waals surface area contributed by atoms with Crippen LogP contribution in [0.15, 0.2) is 24.3 Å². The van der Waals surface area contributed by atoms with Crippen molar-refractivity contribution in [1.82, 2.24) is 4.90 Å². The number of ketones is 2. The number of hydrogen-bond donors (Lipinski definition) is 0. The lowest BCUT2D eigenvalue weighted by Crippen LogP contribution is -2.57. The second-order valence-corrected chi connectivity index (χ2v) is 8.14. The molecule has 138 valence electrons. The van der Waals surface area contributed by atoms with Gasteiger partial charge in [-0.05, 0) is 30.4 Å². The zero-order valence-corrected chi connectivity index (χ0v) is 15.1. The van der Waals surface area contributed by atoms with Gasteiger partial charge in [0.2, 0.25) is 17.5 Å². The predicted molar refractivity (Wildman–Crippen MR) is 94.1 cm³/mol. The number of benzene rings is 1. The molecule has 2 atom stereocenters. The van der Waals surface area contributed by atoms with Crippen LogP contribution in [0.25, 0.3) is 0 Å². The third kappa shape index (κ3) is 2.04. The van der Waals surface area contributed by atoms with Gasteiger partial charge in [0, 0.05) is 32.1 Å². The fraction of sp³-hybridized carbons (Fsp3) is 0.550. The van der Waals surface area contributed by atoms with Crippen LogP contribution in [-0.4, -0.2) is 48.6 Å². The number of fused-ring (bicyclic) bond motifs is 2. The van der Waals surface area contributed by atoms with E-state index in [0.29, 0.717) is 44.7 Å². The number of nitrogens with zero attached hydrogens (tertiary/aromatic N) is 2. The Bertz CT molecular complexity index is 798. The molecule has 5 nitrogen and oxygen atoms in total. The van der Waals surface area contributed by atoms with Crippen molar-refractivity contribution in [2.24, 2.45) is 16.7 Å². The van der Waals surface area contributed by atoms with Crippen molar-refractivity contribution in [2.75, 3.05) is 31.1 Å². The number of anilines is 1. The van der Waals surface area contributed by atoms with Crippen LogP contribution >= 0.6 is 0 Å². The van der Waals surface area contributed by atoms with Crippen LogP contribution in [0.2, 0.25) is 0 Å². The molecule has 1 heterocycles. The van der Waals surface area contributed by atoms with Crippen molar-refractivity contribution < 1.29 is 18.8 Å². The lowest BCUT2D eigenvalue weighted by molar-refractivity contribution is -0.155. The van der Waals surface area contributed by atoms with Gasteiger partial charge in [-0.2, -0.15) is 0 Å². The van der Waals surface area contributed by atoms with Crippen molar-refractivity contribution in [3.8, 4) is 0 Å². The molecule has 1 aromatic carbocycles. The highest BCUT2D eigenvalue weighted by Gasteiger charge is 2.73. The van der Waals surface area contributed by atoms with E-state index >= 15 is 0 Å². The number of amides is 1. The summed E-state index contributed by atoms with van der Waals surface area (Å²) in [5.74, 6) is -1.70. The van der Waals surface area contributed by atoms with Gasteiger partial charge in [-0.1, -0.05) is 26.0 Å². The highest BCUT2D eigenvalue weighted by Crippen LogP contribution is 2.63. The molecule has 0 spiro atoms. The second kappa shape index (κ2) is 5.63. The maximum absolute atomic E-state index is 14.0. The number of halogens is 1. The van der Waals surface area contributed by atoms with E-state index in [4.69, 9.17) is 0 Å². The number of carbonyl (C=O) groups is 3. The molecule has 1 aromatic rings. The average Bonchev–Trinajstić information content (AvgIpc) is 2.98. The molecular weight excluding hydrogens is 335 g/mol. The van der Waals surface area contributed by atoms with E-state index in [1.165, 1.54) is 6.07 Å². The zero-order chi connectivity index (χ0) is 18.7. The molecule has 2 bridgehead atoms. The first kappa shape index (κ1) is 17.2. The Morgan fingerprint density at radius 2 is 1.77 bits per heavy atom. The minimum Gasteiger partial charge on any atom is -0.366 e. The third-order valence-electron chi connectivity index (χ3n) is 6.83. The minimum absolute atomic E-state index is 0.214. The van der Waals surface area contributed by atoms with Gasteiger partial charge in [0.25, 0.3) is 0 Å². The smallest absolute Gasteiger partial charge is 0.237 e. The van der Waals surface area contributed by atoms with Gasteiger partial charge < -0.3 is 9.80 Å². The molecule has 0 aromatic heterocycles. The van der Waals surface area contributed by atoms with Gasteiger partial charge >= 0.3 is 0 Å². The molecule has 0 radical (unpaired) electrons. The normalized spacial score (nSPS) is 30.2. The fourth-order valence-electron chi connectivity index (χ4n) is 5.18. The number of hydrogen-bond acceptors (Lipinski definition) is 4. The zero-order valence-electron chi connectivity index (χ0n) is 15.1. The summed E-state index contributed by atoms with van der Waals surface area (Å²) in [6.45, 7) is 5.62. The van der Waals surface area contributed by atoms with Crippen molar-refractivity contribution in [2.45, 2.75) is 26.7 Å². The average molecular weight is 358 g/mol. The van der Waals surface area contributed by atoms with E-state index in [0.717, 1.165) is 0 Å². The Kier molecular flexibility index (Phi) is 3.72. The van der Waals surface area contributed by atoms with Crippen LogP contribution in [0.1, 0.15) is 26.7 Å². The van der Waals surface area contributed by atoms with Gasteiger partial charge in [-0.25, -0.2) is 4.39 Å². The molecule has 0 N–H and O–H groups in total. The number of piperazine rings is 1. The Hall–Kier alpha value is -2.24. The molecule has 1 saturated heterocycles. The molecule has 6 heteroatoms. The summed E-state index contributed by atoms with van der Waals surface area (Å²) < 4.78 is 14.0. The largest absolute Gasteiger partial charge is 0.366 e. The van der Waals surface area contributed by atoms with Crippen LogP contribution in [0.5, 0.6) is 0 Å².